The number of nitrogens with two attached hydrogens (primary N) is 1. The number of aromatic nitrogens is 2. The summed E-state index contributed by atoms with van der Waals surface area (Å²) in [6, 6.07) is 2.88. The van der Waals surface area contributed by atoms with Crippen LogP contribution in [0.25, 0.3) is 0 Å². The fourth-order valence-electron chi connectivity index (χ4n) is 2.27. The second kappa shape index (κ2) is 8.94. The molecular formula is C17H19BrF2N4O3. The van der Waals surface area contributed by atoms with Crippen LogP contribution in [0.4, 0.5) is 14.7 Å². The van der Waals surface area contributed by atoms with Gasteiger partial charge in [-0.05, 0) is 41.9 Å². The molecule has 1 amide bonds. The minimum absolute atomic E-state index is 0.0535. The summed E-state index contributed by atoms with van der Waals surface area (Å²) in [5.41, 5.74) is 4.82. The third kappa shape index (κ3) is 5.25. The molecule has 146 valence electrons. The molecule has 0 saturated heterocycles. The largest absolute Gasteiger partial charge is 0.472 e. The molecule has 0 bridgehead atoms. The maximum absolute atomic E-state index is 13.8. The molecule has 7 nitrogen and oxygen atoms in total. The second-order valence-corrected chi connectivity index (χ2v) is 6.78. The van der Waals surface area contributed by atoms with Crippen molar-refractivity contribution in [3.05, 3.63) is 50.2 Å². The molecule has 0 aliphatic rings. The number of benzene rings is 1. The summed E-state index contributed by atoms with van der Waals surface area (Å²) >= 11 is 3.15. The van der Waals surface area contributed by atoms with Gasteiger partial charge in [-0.2, -0.15) is 4.98 Å². The highest BCUT2D eigenvalue weighted by molar-refractivity contribution is 9.10. The van der Waals surface area contributed by atoms with Crippen molar-refractivity contribution in [2.75, 3.05) is 11.9 Å². The van der Waals surface area contributed by atoms with Crippen LogP contribution in [-0.2, 0) is 11.4 Å². The van der Waals surface area contributed by atoms with E-state index in [0.717, 1.165) is 12.1 Å². The van der Waals surface area contributed by atoms with Gasteiger partial charge in [-0.25, -0.2) is 8.78 Å². The Balaban J connectivity index is 2.31. The van der Waals surface area contributed by atoms with Crippen molar-refractivity contribution in [3.8, 4) is 5.88 Å². The van der Waals surface area contributed by atoms with Crippen molar-refractivity contribution in [2.24, 2.45) is 5.73 Å². The fraction of sp³-hybridized carbons (Fsp3) is 0.353. The number of hydrogen-bond acceptors (Lipinski definition) is 5. The predicted octanol–water partition coefficient (Wildman–Crippen LogP) is 2.73. The van der Waals surface area contributed by atoms with Gasteiger partial charge in [0, 0.05) is 30.6 Å². The number of carbonyl (C=O) groups excluding carboxylic acids is 1. The van der Waals surface area contributed by atoms with Crippen molar-refractivity contribution in [3.63, 3.8) is 0 Å². The lowest BCUT2D eigenvalue weighted by atomic mass is 10.2. The van der Waals surface area contributed by atoms with Crippen LogP contribution in [0.5, 0.6) is 5.88 Å². The van der Waals surface area contributed by atoms with E-state index in [0.29, 0.717) is 0 Å². The van der Waals surface area contributed by atoms with Crippen LogP contribution in [0.2, 0.25) is 0 Å². The van der Waals surface area contributed by atoms with Gasteiger partial charge in [0.2, 0.25) is 17.7 Å². The van der Waals surface area contributed by atoms with Crippen LogP contribution in [-0.4, -0.2) is 22.0 Å². The van der Waals surface area contributed by atoms with E-state index in [4.69, 9.17) is 10.5 Å². The van der Waals surface area contributed by atoms with Gasteiger partial charge in [0.05, 0.1) is 0 Å². The number of nitrogens with zero attached hydrogens (tertiary/aromatic N) is 2. The van der Waals surface area contributed by atoms with E-state index < -0.39 is 23.1 Å². The SMILES string of the molecule is CC(C)n1c(NCCC(N)=O)nc(OCc2ccc(F)cc2F)c(Br)c1=O. The number of carbonyl (C=O) groups is 1. The molecule has 0 aliphatic carbocycles. The van der Waals surface area contributed by atoms with Crippen molar-refractivity contribution >= 4 is 27.8 Å². The highest BCUT2D eigenvalue weighted by Crippen LogP contribution is 2.24. The summed E-state index contributed by atoms with van der Waals surface area (Å²) in [4.78, 5) is 27.8. The molecule has 2 aromatic rings. The molecule has 0 atom stereocenters. The Labute approximate surface area is 162 Å². The van der Waals surface area contributed by atoms with Gasteiger partial charge < -0.3 is 15.8 Å². The van der Waals surface area contributed by atoms with E-state index in [1.165, 1.54) is 10.6 Å². The Morgan fingerprint density at radius 1 is 1.41 bits per heavy atom. The minimum atomic E-state index is -0.763. The summed E-state index contributed by atoms with van der Waals surface area (Å²) in [7, 11) is 0. The first-order chi connectivity index (χ1) is 12.7. The molecule has 0 unspecified atom stereocenters. The average Bonchev–Trinajstić information content (AvgIpc) is 2.57. The third-order valence-electron chi connectivity index (χ3n) is 3.58. The molecule has 0 fully saturated rings. The van der Waals surface area contributed by atoms with Gasteiger partial charge in [0.15, 0.2) is 0 Å². The van der Waals surface area contributed by atoms with Gasteiger partial charge >= 0.3 is 0 Å². The van der Waals surface area contributed by atoms with Gasteiger partial charge in [-0.1, -0.05) is 0 Å². The number of amides is 1. The summed E-state index contributed by atoms with van der Waals surface area (Å²) < 4.78 is 33.7. The van der Waals surface area contributed by atoms with Crippen LogP contribution >= 0.6 is 15.9 Å². The lowest BCUT2D eigenvalue weighted by Crippen LogP contribution is -2.28. The maximum Gasteiger partial charge on any atom is 0.273 e. The quantitative estimate of drug-likeness (QED) is 0.651. The van der Waals surface area contributed by atoms with E-state index in [1.54, 1.807) is 13.8 Å². The van der Waals surface area contributed by atoms with Gasteiger partial charge in [-0.15, -0.1) is 0 Å². The van der Waals surface area contributed by atoms with Crippen molar-refractivity contribution in [1.29, 1.82) is 0 Å². The van der Waals surface area contributed by atoms with Crippen molar-refractivity contribution < 1.29 is 18.3 Å². The standard InChI is InChI=1S/C17H19BrF2N4O3/c1-9(2)24-16(26)14(18)15(23-17(24)22-6-5-13(21)25)27-8-10-3-4-11(19)7-12(10)20/h3-4,7,9H,5-6,8H2,1-2H3,(H2,21,25)(H,22,23). The highest BCUT2D eigenvalue weighted by atomic mass is 79.9. The number of ether oxygens (including phenoxy) is 1. The number of rotatable bonds is 8. The molecule has 1 aromatic heterocycles. The normalized spacial score (nSPS) is 10.9. The Hall–Kier alpha value is -2.49. The van der Waals surface area contributed by atoms with Crippen LogP contribution in [0.1, 0.15) is 31.9 Å². The zero-order chi connectivity index (χ0) is 20.1. The Kier molecular flexibility index (Phi) is 6.89. The topological polar surface area (TPSA) is 99.2 Å². The summed E-state index contributed by atoms with van der Waals surface area (Å²) in [6.45, 7) is 3.53. The number of halogens is 3. The van der Waals surface area contributed by atoms with Crippen LogP contribution < -0.4 is 21.3 Å². The molecule has 2 rings (SSSR count). The minimum Gasteiger partial charge on any atom is -0.472 e. The summed E-state index contributed by atoms with van der Waals surface area (Å²) in [6.07, 6.45) is 0.0566. The number of primary amides is 1. The first-order valence-electron chi connectivity index (χ1n) is 8.11. The smallest absolute Gasteiger partial charge is 0.273 e. The lowest BCUT2D eigenvalue weighted by Gasteiger charge is -2.18. The molecule has 10 heteroatoms. The zero-order valence-corrected chi connectivity index (χ0v) is 16.3. The van der Waals surface area contributed by atoms with E-state index >= 15 is 0 Å². The molecular weight excluding hydrogens is 426 g/mol. The molecule has 3 N–H and O–H groups in total. The third-order valence-corrected chi connectivity index (χ3v) is 4.26. The van der Waals surface area contributed by atoms with Crippen molar-refractivity contribution in [1.82, 2.24) is 9.55 Å². The number of hydrogen-bond donors (Lipinski definition) is 2. The second-order valence-electron chi connectivity index (χ2n) is 5.99. The molecule has 0 aliphatic heterocycles. The van der Waals surface area contributed by atoms with Gasteiger partial charge in [0.1, 0.15) is 22.7 Å². The first-order valence-corrected chi connectivity index (χ1v) is 8.91. The molecule has 0 radical (unpaired) electrons. The lowest BCUT2D eigenvalue weighted by molar-refractivity contribution is -0.117. The van der Waals surface area contributed by atoms with Crippen molar-refractivity contribution in [2.45, 2.75) is 32.9 Å². The van der Waals surface area contributed by atoms with Gasteiger partial charge in [-0.3, -0.25) is 14.2 Å². The maximum atomic E-state index is 13.8. The number of nitrogens with one attached hydrogen (secondary N) is 1. The zero-order valence-electron chi connectivity index (χ0n) is 14.8. The molecule has 0 saturated carbocycles. The van der Waals surface area contributed by atoms with E-state index in [1.807, 2.05) is 0 Å². The average molecular weight is 445 g/mol. The van der Waals surface area contributed by atoms with E-state index in [2.05, 4.69) is 26.2 Å². The summed E-state index contributed by atoms with van der Waals surface area (Å²) in [5.74, 6) is -1.82. The van der Waals surface area contributed by atoms with Crippen LogP contribution in [0.3, 0.4) is 0 Å². The Morgan fingerprint density at radius 3 is 2.70 bits per heavy atom. The molecule has 0 spiro atoms. The number of anilines is 1. The predicted molar refractivity (Wildman–Crippen MR) is 99.6 cm³/mol. The summed E-state index contributed by atoms with van der Waals surface area (Å²) in [5, 5.41) is 2.88. The molecule has 1 heterocycles. The molecule has 1 aromatic carbocycles. The highest BCUT2D eigenvalue weighted by Gasteiger charge is 2.18. The monoisotopic (exact) mass is 444 g/mol. The van der Waals surface area contributed by atoms with Crippen LogP contribution in [0.15, 0.2) is 27.5 Å². The first kappa shape index (κ1) is 20.8. The van der Waals surface area contributed by atoms with E-state index in [-0.39, 0.29) is 47.5 Å². The Morgan fingerprint density at radius 2 is 2.11 bits per heavy atom. The Bertz CT molecular complexity index is 902. The molecule has 27 heavy (non-hydrogen) atoms. The van der Waals surface area contributed by atoms with Crippen LogP contribution in [0, 0.1) is 11.6 Å². The fourth-order valence-corrected chi connectivity index (χ4v) is 2.67. The van der Waals surface area contributed by atoms with E-state index in [9.17, 15) is 18.4 Å². The van der Waals surface area contributed by atoms with Gasteiger partial charge in [0.25, 0.3) is 5.56 Å².